The summed E-state index contributed by atoms with van der Waals surface area (Å²) in [4.78, 5) is 13.1. The van der Waals surface area contributed by atoms with Crippen LogP contribution in [-0.4, -0.2) is 17.0 Å². The van der Waals surface area contributed by atoms with Gasteiger partial charge in [0.2, 0.25) is 0 Å². The largest absolute Gasteiger partial charge is 0.393 e. The Balaban J connectivity index is 1.48. The van der Waals surface area contributed by atoms with Gasteiger partial charge in [0.25, 0.3) is 0 Å². The molecule has 5 saturated carbocycles. The van der Waals surface area contributed by atoms with Crippen molar-refractivity contribution in [2.24, 2.45) is 40.4 Å². The second-order valence-electron chi connectivity index (χ2n) is 10.3. The summed E-state index contributed by atoms with van der Waals surface area (Å²) >= 11 is 0. The first-order valence-electron chi connectivity index (χ1n) is 10.8. The predicted molar refractivity (Wildman–Crippen MR) is 94.4 cm³/mol. The Bertz CT molecular complexity index is 542. The van der Waals surface area contributed by atoms with Crippen molar-refractivity contribution in [2.45, 2.75) is 90.1 Å². The van der Waals surface area contributed by atoms with E-state index in [1.165, 1.54) is 51.4 Å². The monoisotopic (exact) mass is 330 g/mol. The molecule has 0 amide bonds. The van der Waals surface area contributed by atoms with E-state index in [1.807, 2.05) is 0 Å². The molecule has 1 N–H and O–H groups in total. The van der Waals surface area contributed by atoms with Crippen LogP contribution in [0.15, 0.2) is 0 Å². The highest BCUT2D eigenvalue weighted by molar-refractivity contribution is 5.86. The molecule has 134 valence electrons. The molecule has 0 saturated heterocycles. The lowest BCUT2D eigenvalue weighted by Crippen LogP contribution is -2.57. The average Bonchev–Trinajstić information content (AvgIpc) is 2.97. The summed E-state index contributed by atoms with van der Waals surface area (Å²) in [6.07, 6.45) is 14.4. The Morgan fingerprint density at radius 2 is 1.75 bits per heavy atom. The van der Waals surface area contributed by atoms with Crippen LogP contribution in [0.1, 0.15) is 84.0 Å². The lowest BCUT2D eigenvalue weighted by Gasteiger charge is -2.61. The van der Waals surface area contributed by atoms with Gasteiger partial charge in [-0.2, -0.15) is 0 Å². The maximum absolute atomic E-state index is 13.1. The van der Waals surface area contributed by atoms with Crippen molar-refractivity contribution in [1.29, 1.82) is 0 Å². The molecule has 1 spiro atoms. The first-order chi connectivity index (χ1) is 11.6. The SMILES string of the molecule is C[C@]12CC[C@@H](O)C[C@@H]1CC[C@@H]1[C@@H]2CC[C@]23C(=O)CCCC2CC[C@@H]13. The molecule has 0 aromatic rings. The van der Waals surface area contributed by atoms with Crippen LogP contribution >= 0.6 is 0 Å². The van der Waals surface area contributed by atoms with Gasteiger partial charge < -0.3 is 5.11 Å². The Morgan fingerprint density at radius 1 is 0.917 bits per heavy atom. The molecule has 0 radical (unpaired) electrons. The van der Waals surface area contributed by atoms with Crippen LogP contribution < -0.4 is 0 Å². The summed E-state index contributed by atoms with van der Waals surface area (Å²) in [5.74, 6) is 4.46. The number of rotatable bonds is 0. The van der Waals surface area contributed by atoms with Crippen molar-refractivity contribution < 1.29 is 9.90 Å². The van der Waals surface area contributed by atoms with Gasteiger partial charge in [0, 0.05) is 11.8 Å². The number of carbonyl (C=O) groups is 1. The predicted octanol–water partition coefficient (Wildman–Crippen LogP) is 4.74. The van der Waals surface area contributed by atoms with Gasteiger partial charge in [0.15, 0.2) is 0 Å². The number of aliphatic hydroxyl groups is 1. The van der Waals surface area contributed by atoms with E-state index < -0.39 is 0 Å². The summed E-state index contributed by atoms with van der Waals surface area (Å²) in [6, 6.07) is 0. The molecule has 5 aliphatic carbocycles. The Labute approximate surface area is 146 Å². The van der Waals surface area contributed by atoms with Crippen molar-refractivity contribution in [3.63, 3.8) is 0 Å². The number of ketones is 1. The van der Waals surface area contributed by atoms with Crippen LogP contribution in [0.2, 0.25) is 0 Å². The molecule has 0 aromatic heterocycles. The second-order valence-corrected chi connectivity index (χ2v) is 10.3. The highest BCUT2D eigenvalue weighted by atomic mass is 16.3. The minimum Gasteiger partial charge on any atom is -0.393 e. The smallest absolute Gasteiger partial charge is 0.139 e. The van der Waals surface area contributed by atoms with Crippen LogP contribution in [0.4, 0.5) is 0 Å². The topological polar surface area (TPSA) is 37.3 Å². The molecule has 1 unspecified atom stereocenters. The van der Waals surface area contributed by atoms with Gasteiger partial charge in [0.1, 0.15) is 5.78 Å². The molecule has 0 aromatic carbocycles. The third-order valence-electron chi connectivity index (χ3n) is 9.80. The van der Waals surface area contributed by atoms with Crippen LogP contribution in [0.5, 0.6) is 0 Å². The molecule has 2 nitrogen and oxygen atoms in total. The fourth-order valence-corrected chi connectivity index (χ4v) is 8.74. The summed E-state index contributed by atoms with van der Waals surface area (Å²) in [6.45, 7) is 2.55. The summed E-state index contributed by atoms with van der Waals surface area (Å²) in [7, 11) is 0. The number of fused-ring (bicyclic) bond motifs is 4. The molecule has 5 aliphatic rings. The molecule has 24 heavy (non-hydrogen) atoms. The lowest BCUT2D eigenvalue weighted by atomic mass is 9.43. The molecule has 2 heteroatoms. The van der Waals surface area contributed by atoms with Crippen LogP contribution in [0.25, 0.3) is 0 Å². The van der Waals surface area contributed by atoms with Crippen LogP contribution in [0.3, 0.4) is 0 Å². The van der Waals surface area contributed by atoms with Crippen LogP contribution in [0, 0.1) is 40.4 Å². The molecule has 8 atom stereocenters. The van der Waals surface area contributed by atoms with Crippen molar-refractivity contribution in [3.05, 3.63) is 0 Å². The quantitative estimate of drug-likeness (QED) is 0.696. The highest BCUT2D eigenvalue weighted by Gasteiger charge is 2.64. The molecule has 5 fully saturated rings. The molecule has 0 bridgehead atoms. The first-order valence-corrected chi connectivity index (χ1v) is 10.8. The number of hydrogen-bond acceptors (Lipinski definition) is 2. The van der Waals surface area contributed by atoms with Gasteiger partial charge in [-0.05, 0) is 106 Å². The van der Waals surface area contributed by atoms with E-state index in [9.17, 15) is 9.90 Å². The molecular weight excluding hydrogens is 296 g/mol. The molecule has 0 aliphatic heterocycles. The summed E-state index contributed by atoms with van der Waals surface area (Å²) in [5.41, 5.74) is 0.552. The number of hydrogen-bond donors (Lipinski definition) is 1. The first kappa shape index (κ1) is 15.9. The number of carbonyl (C=O) groups excluding carboxylic acids is 1. The van der Waals surface area contributed by atoms with E-state index in [0.29, 0.717) is 17.1 Å². The average molecular weight is 331 g/mol. The van der Waals surface area contributed by atoms with Gasteiger partial charge in [0.05, 0.1) is 6.10 Å². The van der Waals surface area contributed by atoms with E-state index >= 15 is 0 Å². The van der Waals surface area contributed by atoms with E-state index in [4.69, 9.17) is 0 Å². The van der Waals surface area contributed by atoms with E-state index in [0.717, 1.165) is 49.4 Å². The Kier molecular flexibility index (Phi) is 3.51. The van der Waals surface area contributed by atoms with Gasteiger partial charge in [-0.3, -0.25) is 4.79 Å². The van der Waals surface area contributed by atoms with Crippen molar-refractivity contribution >= 4 is 5.78 Å². The van der Waals surface area contributed by atoms with Gasteiger partial charge >= 0.3 is 0 Å². The van der Waals surface area contributed by atoms with Gasteiger partial charge in [-0.1, -0.05) is 6.92 Å². The third-order valence-corrected chi connectivity index (χ3v) is 9.80. The Morgan fingerprint density at radius 3 is 2.62 bits per heavy atom. The van der Waals surface area contributed by atoms with Crippen molar-refractivity contribution in [2.75, 3.05) is 0 Å². The summed E-state index contributed by atoms with van der Waals surface area (Å²) < 4.78 is 0. The van der Waals surface area contributed by atoms with Gasteiger partial charge in [-0.25, -0.2) is 0 Å². The number of aliphatic hydroxyl groups excluding tert-OH is 1. The van der Waals surface area contributed by atoms with E-state index in [-0.39, 0.29) is 11.5 Å². The number of Topliss-reactive ketones (excluding diaryl/α,β-unsaturated/α-hetero) is 1. The van der Waals surface area contributed by atoms with Crippen molar-refractivity contribution in [1.82, 2.24) is 0 Å². The molecule has 0 heterocycles. The van der Waals surface area contributed by atoms with Gasteiger partial charge in [-0.15, -0.1) is 0 Å². The zero-order chi connectivity index (χ0) is 16.5. The third kappa shape index (κ3) is 1.90. The zero-order valence-corrected chi connectivity index (χ0v) is 15.3. The minimum atomic E-state index is -0.0506. The highest BCUT2D eigenvalue weighted by Crippen LogP contribution is 2.69. The second kappa shape index (κ2) is 5.32. The maximum atomic E-state index is 13.1. The van der Waals surface area contributed by atoms with E-state index in [1.54, 1.807) is 0 Å². The molecule has 5 rings (SSSR count). The lowest BCUT2D eigenvalue weighted by molar-refractivity contribution is -0.158. The Hall–Kier alpha value is -0.370. The standard InChI is InChI=1S/C22H34O2/c1-21-11-9-16(23)13-15(21)5-7-17-18(21)10-12-22-14(6-8-19(17)22)3-2-4-20(22)24/h14-19,23H,2-13H2,1H3/t14?,15-,16+,17+,18-,19-,21-,22-/m0/s1. The zero-order valence-electron chi connectivity index (χ0n) is 15.3. The van der Waals surface area contributed by atoms with E-state index in [2.05, 4.69) is 6.92 Å². The van der Waals surface area contributed by atoms with Crippen molar-refractivity contribution in [3.8, 4) is 0 Å². The fraction of sp³-hybridized carbons (Fsp3) is 0.955. The minimum absolute atomic E-state index is 0.0506. The summed E-state index contributed by atoms with van der Waals surface area (Å²) in [5, 5.41) is 10.2. The fourth-order valence-electron chi connectivity index (χ4n) is 8.74. The normalized spacial score (nSPS) is 56.8. The maximum Gasteiger partial charge on any atom is 0.139 e. The van der Waals surface area contributed by atoms with Crippen LogP contribution in [-0.2, 0) is 4.79 Å². The molecular formula is C22H34O2.